The van der Waals surface area contributed by atoms with Gasteiger partial charge in [-0.2, -0.15) is 23.1 Å². The van der Waals surface area contributed by atoms with Crippen molar-refractivity contribution >= 4 is 34.4 Å². The minimum absolute atomic E-state index is 0.0541. The molecule has 0 bridgehead atoms. The number of aromatic amines is 1. The Labute approximate surface area is 227 Å². The fraction of sp³-hybridized carbons (Fsp3) is 0.500. The maximum absolute atomic E-state index is 13.6. The summed E-state index contributed by atoms with van der Waals surface area (Å²) in [6.07, 6.45) is -1.93. The minimum Gasteiger partial charge on any atom is -0.485 e. The second-order valence-electron chi connectivity index (χ2n) is 10.4. The molecule has 1 aliphatic carbocycles. The molecule has 3 aromatic rings. The zero-order valence-electron chi connectivity index (χ0n) is 21.5. The molecule has 11 nitrogen and oxygen atoms in total. The molecular weight excluding hydrogens is 531 g/mol. The number of hydrogen-bond donors (Lipinski definition) is 3. The van der Waals surface area contributed by atoms with Crippen LogP contribution < -0.4 is 20.1 Å². The smallest absolute Gasteiger partial charge is 0.418 e. The van der Waals surface area contributed by atoms with E-state index in [-0.39, 0.29) is 48.0 Å². The number of anilines is 3. The van der Waals surface area contributed by atoms with Crippen LogP contribution in [0.25, 0.3) is 11.0 Å². The first-order valence-electron chi connectivity index (χ1n) is 13.4. The molecule has 0 atom stereocenters. The van der Waals surface area contributed by atoms with Gasteiger partial charge in [-0.25, -0.2) is 0 Å². The maximum atomic E-state index is 13.6. The molecule has 0 unspecified atom stereocenters. The highest BCUT2D eigenvalue weighted by molar-refractivity contribution is 5.99. The van der Waals surface area contributed by atoms with E-state index in [9.17, 15) is 18.0 Å². The van der Waals surface area contributed by atoms with Crippen molar-refractivity contribution < 1.29 is 32.2 Å². The van der Waals surface area contributed by atoms with Crippen LogP contribution in [0.4, 0.5) is 30.6 Å². The minimum atomic E-state index is -4.55. The molecule has 0 radical (unpaired) electrons. The Morgan fingerprint density at radius 2 is 1.77 bits per heavy atom. The molecule has 212 valence electrons. The molecule has 3 aliphatic heterocycles. The van der Waals surface area contributed by atoms with Crippen LogP contribution in [0.5, 0.6) is 11.5 Å². The summed E-state index contributed by atoms with van der Waals surface area (Å²) in [6, 6.07) is 3.85. The van der Waals surface area contributed by atoms with Crippen molar-refractivity contribution in [1.82, 2.24) is 24.8 Å². The number of halogens is 3. The number of benzene rings is 1. The number of aromatic nitrogens is 3. The Balaban J connectivity index is 1.17. The molecule has 0 spiro atoms. The Hall–Kier alpha value is -3.78. The Bertz CT molecular complexity index is 1450. The number of fused-ring (bicyclic) bond motifs is 2. The van der Waals surface area contributed by atoms with E-state index >= 15 is 0 Å². The largest absolute Gasteiger partial charge is 0.485 e. The van der Waals surface area contributed by atoms with Crippen molar-refractivity contribution in [2.75, 3.05) is 63.2 Å². The van der Waals surface area contributed by atoms with Gasteiger partial charge in [0, 0.05) is 38.4 Å². The molecule has 40 heavy (non-hydrogen) atoms. The molecule has 4 aliphatic rings. The molecule has 2 saturated heterocycles. The van der Waals surface area contributed by atoms with Crippen LogP contribution in [0.2, 0.25) is 0 Å². The lowest BCUT2D eigenvalue weighted by Gasteiger charge is -2.42. The number of nitrogens with zero attached hydrogens (tertiary/aromatic N) is 4. The number of alkyl halides is 3. The second-order valence-corrected chi connectivity index (χ2v) is 10.4. The van der Waals surface area contributed by atoms with Crippen LogP contribution in [-0.4, -0.2) is 95.3 Å². The number of rotatable bonds is 6. The van der Waals surface area contributed by atoms with E-state index in [1.54, 1.807) is 12.1 Å². The molecule has 3 N–H and O–H groups in total. The van der Waals surface area contributed by atoms with E-state index in [2.05, 4.69) is 30.5 Å². The monoisotopic (exact) mass is 559 g/mol. The third-order valence-electron chi connectivity index (χ3n) is 7.66. The Morgan fingerprint density at radius 3 is 2.45 bits per heavy atom. The van der Waals surface area contributed by atoms with E-state index in [1.807, 2.05) is 4.90 Å². The number of nitrogens with one attached hydrogen (secondary N) is 3. The number of amides is 1. The molecular formula is C26H28F3N7O4. The molecule has 7 rings (SSSR count). The van der Waals surface area contributed by atoms with Gasteiger partial charge in [0.05, 0.1) is 41.5 Å². The Morgan fingerprint density at radius 1 is 1.02 bits per heavy atom. The normalized spacial score (nSPS) is 19.9. The van der Waals surface area contributed by atoms with E-state index < -0.39 is 11.7 Å². The number of hydrogen-bond acceptors (Lipinski definition) is 9. The van der Waals surface area contributed by atoms with Gasteiger partial charge in [-0.1, -0.05) is 0 Å². The number of piperazine rings is 1. The number of carbonyl (C=O) groups excluding carboxylic acids is 1. The highest BCUT2D eigenvalue weighted by Crippen LogP contribution is 2.43. The first-order chi connectivity index (χ1) is 19.3. The number of ether oxygens (including phenoxy) is 3. The van der Waals surface area contributed by atoms with Gasteiger partial charge in [0.1, 0.15) is 24.7 Å². The molecule has 5 heterocycles. The van der Waals surface area contributed by atoms with Crippen LogP contribution in [0, 0.1) is 0 Å². The lowest BCUT2D eigenvalue weighted by molar-refractivity contribution is -0.136. The van der Waals surface area contributed by atoms with Crippen LogP contribution in [0.3, 0.4) is 0 Å². The zero-order chi connectivity index (χ0) is 27.4. The highest BCUT2D eigenvalue weighted by atomic mass is 19.4. The number of H-pyrrole nitrogens is 1. The third kappa shape index (κ3) is 4.64. The summed E-state index contributed by atoms with van der Waals surface area (Å²) in [5.41, 5.74) is 0.0714. The van der Waals surface area contributed by atoms with Crippen molar-refractivity contribution in [3.63, 3.8) is 0 Å². The summed E-state index contributed by atoms with van der Waals surface area (Å²) in [5.74, 6) is 0.710. The first kappa shape index (κ1) is 25.2. The summed E-state index contributed by atoms with van der Waals surface area (Å²) in [7, 11) is 0. The van der Waals surface area contributed by atoms with Crippen LogP contribution in [0.1, 0.15) is 28.8 Å². The van der Waals surface area contributed by atoms with E-state index in [0.29, 0.717) is 41.9 Å². The topological polar surface area (TPSA) is 117 Å². The predicted octanol–water partition coefficient (Wildman–Crippen LogP) is 3.22. The van der Waals surface area contributed by atoms with Gasteiger partial charge in [0.15, 0.2) is 11.5 Å². The van der Waals surface area contributed by atoms with Gasteiger partial charge in [-0.3, -0.25) is 9.69 Å². The van der Waals surface area contributed by atoms with Crippen molar-refractivity contribution in [3.05, 3.63) is 29.5 Å². The summed E-state index contributed by atoms with van der Waals surface area (Å²) < 4.78 is 58.0. The van der Waals surface area contributed by atoms with Crippen molar-refractivity contribution in [2.45, 2.75) is 31.1 Å². The van der Waals surface area contributed by atoms with Gasteiger partial charge < -0.3 is 34.7 Å². The lowest BCUT2D eigenvalue weighted by atomic mass is 10.1. The van der Waals surface area contributed by atoms with Crippen molar-refractivity contribution in [3.8, 4) is 11.5 Å². The fourth-order valence-corrected chi connectivity index (χ4v) is 5.26. The molecule has 1 aromatic carbocycles. The van der Waals surface area contributed by atoms with E-state index in [1.165, 1.54) is 0 Å². The van der Waals surface area contributed by atoms with Crippen molar-refractivity contribution in [1.29, 1.82) is 0 Å². The van der Waals surface area contributed by atoms with Gasteiger partial charge in [-0.05, 0) is 25.0 Å². The van der Waals surface area contributed by atoms with Crippen LogP contribution in [0.15, 0.2) is 18.3 Å². The molecule has 1 saturated carbocycles. The number of carbonyl (C=O) groups is 1. The summed E-state index contributed by atoms with van der Waals surface area (Å²) in [6.45, 7) is 4.81. The van der Waals surface area contributed by atoms with E-state index in [4.69, 9.17) is 14.2 Å². The summed E-state index contributed by atoms with van der Waals surface area (Å²) in [4.78, 5) is 29.0. The lowest BCUT2D eigenvalue weighted by Crippen LogP contribution is -2.57. The standard InChI is InChI=1S/C26H28F3N7O4/c27-26(28,29)17-11-30-22-19(17)23(31-14-1-2-14)34-25(33-22)32-18-4-3-16(20-21(18)40-10-9-39-20)24(37)36-7-5-35(6-8-36)15-12-38-13-15/h3-4,11,14-15H,1-2,5-10,12-13H2,(H3,30,31,32,33,34). The average Bonchev–Trinajstić information content (AvgIpc) is 3.61. The van der Waals surface area contributed by atoms with Gasteiger partial charge in [0.2, 0.25) is 5.95 Å². The molecule has 3 fully saturated rings. The third-order valence-corrected chi connectivity index (χ3v) is 7.66. The zero-order valence-corrected chi connectivity index (χ0v) is 21.5. The molecule has 1 amide bonds. The highest BCUT2D eigenvalue weighted by Gasteiger charge is 2.37. The average molecular weight is 560 g/mol. The summed E-state index contributed by atoms with van der Waals surface area (Å²) in [5, 5.41) is 6.07. The van der Waals surface area contributed by atoms with E-state index in [0.717, 1.165) is 45.3 Å². The van der Waals surface area contributed by atoms with Gasteiger partial charge in [0.25, 0.3) is 5.91 Å². The Kier molecular flexibility index (Phi) is 6.11. The van der Waals surface area contributed by atoms with Crippen molar-refractivity contribution in [2.24, 2.45) is 0 Å². The van der Waals surface area contributed by atoms with Crippen LogP contribution >= 0.6 is 0 Å². The quantitative estimate of drug-likeness (QED) is 0.419. The fourth-order valence-electron chi connectivity index (χ4n) is 5.26. The maximum Gasteiger partial charge on any atom is 0.418 e. The predicted molar refractivity (Wildman–Crippen MR) is 138 cm³/mol. The van der Waals surface area contributed by atoms with Gasteiger partial charge in [-0.15, -0.1) is 0 Å². The summed E-state index contributed by atoms with van der Waals surface area (Å²) >= 11 is 0. The molecule has 14 heteroatoms. The SMILES string of the molecule is O=C(c1ccc(Nc2nc(NC3CC3)c3c(C(F)(F)F)c[nH]c3n2)c2c1OCCO2)N1CCN(C2COC2)CC1. The second kappa shape index (κ2) is 9.70. The van der Waals surface area contributed by atoms with Gasteiger partial charge >= 0.3 is 6.18 Å². The molecule has 2 aromatic heterocycles. The first-order valence-corrected chi connectivity index (χ1v) is 13.4. The van der Waals surface area contributed by atoms with Crippen LogP contribution in [-0.2, 0) is 10.9 Å².